The smallest absolute Gasteiger partial charge is 0.177 e. The van der Waals surface area contributed by atoms with Gasteiger partial charge in [-0.1, -0.05) is 13.8 Å². The fourth-order valence-corrected chi connectivity index (χ4v) is 3.11. The summed E-state index contributed by atoms with van der Waals surface area (Å²) < 4.78 is 0. The van der Waals surface area contributed by atoms with E-state index in [1.54, 1.807) is 6.07 Å². The van der Waals surface area contributed by atoms with Gasteiger partial charge in [-0.05, 0) is 5.92 Å². The number of nitrogens with zero attached hydrogens (tertiary/aromatic N) is 11. The van der Waals surface area contributed by atoms with Crippen LogP contribution in [0.25, 0.3) is 33.1 Å². The van der Waals surface area contributed by atoms with Crippen LogP contribution in [0.15, 0.2) is 0 Å². The molecule has 0 spiro atoms. The highest BCUT2D eigenvalue weighted by atomic mass is 14.9. The molecule has 0 saturated carbocycles. The normalized spacial score (nSPS) is 10.4. The van der Waals surface area contributed by atoms with Crippen molar-refractivity contribution in [3.8, 4) is 30.3 Å². The fraction of sp³-hybridized carbons (Fsp3) is 0.150. The van der Waals surface area contributed by atoms with Gasteiger partial charge in [0.25, 0.3) is 0 Å². The maximum atomic E-state index is 9.55. The summed E-state index contributed by atoms with van der Waals surface area (Å²) in [5.74, 6) is -0.152. The molecule has 4 rings (SSSR count). The summed E-state index contributed by atoms with van der Waals surface area (Å²) in [4.78, 5) is 25.8. The summed E-state index contributed by atoms with van der Waals surface area (Å²) in [6.45, 7) is 3.68. The van der Waals surface area contributed by atoms with Gasteiger partial charge in [0.1, 0.15) is 63.4 Å². The zero-order chi connectivity index (χ0) is 22.3. The topological polar surface area (TPSA) is 196 Å². The van der Waals surface area contributed by atoms with E-state index in [1.807, 2.05) is 38.1 Å². The van der Waals surface area contributed by atoms with E-state index in [9.17, 15) is 26.3 Å². The Bertz CT molecular complexity index is 1620. The SMILES string of the molecule is CC(C)c1nc2c3nc(C#N)c(C#N)nc3c3nc(C#N)c(C#N)nc3c2nc1C#N. The third-order valence-electron chi connectivity index (χ3n) is 4.46. The van der Waals surface area contributed by atoms with Crippen molar-refractivity contribution in [2.24, 2.45) is 0 Å². The maximum Gasteiger partial charge on any atom is 0.177 e. The van der Waals surface area contributed by atoms with Gasteiger partial charge in [0, 0.05) is 0 Å². The van der Waals surface area contributed by atoms with Crippen LogP contribution in [0.1, 0.15) is 53.9 Å². The maximum absolute atomic E-state index is 9.55. The van der Waals surface area contributed by atoms with Gasteiger partial charge in [-0.25, -0.2) is 29.9 Å². The number of hydrogen-bond donors (Lipinski definition) is 0. The van der Waals surface area contributed by atoms with Crippen molar-refractivity contribution < 1.29 is 0 Å². The Morgan fingerprint density at radius 3 is 0.968 bits per heavy atom. The van der Waals surface area contributed by atoms with Crippen molar-refractivity contribution in [3.63, 3.8) is 0 Å². The van der Waals surface area contributed by atoms with Gasteiger partial charge in [-0.2, -0.15) is 26.3 Å². The molecule has 4 aromatic rings. The van der Waals surface area contributed by atoms with Crippen LogP contribution in [0.5, 0.6) is 0 Å². The molecular formula is C20H7N11. The molecule has 0 amide bonds. The van der Waals surface area contributed by atoms with E-state index < -0.39 is 0 Å². The summed E-state index contributed by atoms with van der Waals surface area (Å²) in [6, 6.07) is 9.25. The minimum Gasteiger partial charge on any atom is -0.245 e. The Morgan fingerprint density at radius 1 is 0.452 bits per heavy atom. The van der Waals surface area contributed by atoms with E-state index in [1.165, 1.54) is 0 Å². The van der Waals surface area contributed by atoms with Crippen molar-refractivity contribution >= 4 is 33.1 Å². The molecule has 3 aromatic heterocycles. The van der Waals surface area contributed by atoms with Crippen LogP contribution in [0.3, 0.4) is 0 Å². The van der Waals surface area contributed by atoms with E-state index in [0.29, 0.717) is 5.69 Å². The molecule has 0 saturated heterocycles. The van der Waals surface area contributed by atoms with E-state index >= 15 is 0 Å². The minimum atomic E-state index is -0.243. The standard InChI is InChI=1S/C20H7N11/c1-8(2)14-13(7-25)30-19-17-15(26-9(3-21)10(4-22)28-17)16-18(20(19)31-14)29-12(6-24)11(5-23)27-16/h8H,1-2H3. The predicted octanol–water partition coefficient (Wildman–Crippen LogP) is 2.00. The molecule has 0 radical (unpaired) electrons. The van der Waals surface area contributed by atoms with Gasteiger partial charge in [-0.15, -0.1) is 0 Å². The summed E-state index contributed by atoms with van der Waals surface area (Å²) in [6.07, 6.45) is 0. The van der Waals surface area contributed by atoms with Crippen molar-refractivity contribution in [2.75, 3.05) is 0 Å². The van der Waals surface area contributed by atoms with Crippen LogP contribution in [-0.2, 0) is 0 Å². The predicted molar refractivity (Wildman–Crippen MR) is 103 cm³/mol. The molecular weight excluding hydrogens is 394 g/mol. The Morgan fingerprint density at radius 2 is 0.710 bits per heavy atom. The number of hydrogen-bond acceptors (Lipinski definition) is 11. The zero-order valence-electron chi connectivity index (χ0n) is 16.0. The number of rotatable bonds is 1. The van der Waals surface area contributed by atoms with Crippen molar-refractivity contribution in [1.82, 2.24) is 29.9 Å². The lowest BCUT2D eigenvalue weighted by Gasteiger charge is -2.12. The van der Waals surface area contributed by atoms with Crippen LogP contribution in [0.4, 0.5) is 0 Å². The summed E-state index contributed by atoms with van der Waals surface area (Å²) in [7, 11) is 0. The van der Waals surface area contributed by atoms with Gasteiger partial charge in [0.2, 0.25) is 0 Å². The van der Waals surface area contributed by atoms with Crippen LogP contribution in [0.2, 0.25) is 0 Å². The summed E-state index contributed by atoms with van der Waals surface area (Å²) in [5.41, 5.74) is 0.223. The molecule has 11 heteroatoms. The van der Waals surface area contributed by atoms with Gasteiger partial charge < -0.3 is 0 Å². The molecule has 0 aliphatic rings. The molecule has 0 aliphatic carbocycles. The molecule has 0 fully saturated rings. The van der Waals surface area contributed by atoms with Gasteiger partial charge >= 0.3 is 0 Å². The van der Waals surface area contributed by atoms with Gasteiger partial charge in [-0.3, -0.25) is 0 Å². The number of aromatic nitrogens is 6. The van der Waals surface area contributed by atoms with Gasteiger partial charge in [0.05, 0.1) is 5.69 Å². The third kappa shape index (κ3) is 2.69. The lowest BCUT2D eigenvalue weighted by atomic mass is 10.1. The molecule has 11 nitrogen and oxygen atoms in total. The van der Waals surface area contributed by atoms with E-state index in [2.05, 4.69) is 29.9 Å². The van der Waals surface area contributed by atoms with Crippen LogP contribution in [-0.4, -0.2) is 29.9 Å². The van der Waals surface area contributed by atoms with E-state index in [4.69, 9.17) is 0 Å². The highest BCUT2D eigenvalue weighted by Crippen LogP contribution is 2.32. The largest absolute Gasteiger partial charge is 0.245 e. The fourth-order valence-electron chi connectivity index (χ4n) is 3.11. The molecule has 1 aromatic carbocycles. The molecule has 0 aliphatic heterocycles. The molecule has 0 N–H and O–H groups in total. The number of fused-ring (bicyclic) bond motifs is 6. The monoisotopic (exact) mass is 401 g/mol. The summed E-state index contributed by atoms with van der Waals surface area (Å²) >= 11 is 0. The second-order valence-corrected chi connectivity index (χ2v) is 6.60. The van der Waals surface area contributed by atoms with Crippen molar-refractivity contribution in [2.45, 2.75) is 19.8 Å². The molecule has 142 valence electrons. The minimum absolute atomic E-state index is 0.0574. The highest BCUT2D eigenvalue weighted by molar-refractivity contribution is 6.18. The lowest BCUT2D eigenvalue weighted by Crippen LogP contribution is -2.07. The van der Waals surface area contributed by atoms with Crippen molar-refractivity contribution in [3.05, 3.63) is 34.2 Å². The Labute approximate surface area is 174 Å². The average molecular weight is 401 g/mol. The third-order valence-corrected chi connectivity index (χ3v) is 4.46. The van der Waals surface area contributed by atoms with E-state index in [0.717, 1.165) is 0 Å². The van der Waals surface area contributed by atoms with Crippen LogP contribution < -0.4 is 0 Å². The zero-order valence-corrected chi connectivity index (χ0v) is 16.0. The quantitative estimate of drug-likeness (QED) is 0.423. The Kier molecular flexibility index (Phi) is 4.26. The van der Waals surface area contributed by atoms with E-state index in [-0.39, 0.29) is 67.5 Å². The first-order chi connectivity index (χ1) is 15.0. The first kappa shape index (κ1) is 19.0. The Hall–Kier alpha value is -5.31. The lowest BCUT2D eigenvalue weighted by molar-refractivity contribution is 0.816. The molecule has 0 atom stereocenters. The van der Waals surface area contributed by atoms with Gasteiger partial charge in [0.15, 0.2) is 28.5 Å². The molecule has 0 unspecified atom stereocenters. The molecule has 0 bridgehead atoms. The second-order valence-electron chi connectivity index (χ2n) is 6.60. The highest BCUT2D eigenvalue weighted by Gasteiger charge is 2.23. The van der Waals surface area contributed by atoms with Crippen molar-refractivity contribution in [1.29, 1.82) is 26.3 Å². The molecule has 31 heavy (non-hydrogen) atoms. The van der Waals surface area contributed by atoms with Crippen LogP contribution in [0, 0.1) is 56.7 Å². The first-order valence-electron chi connectivity index (χ1n) is 8.74. The summed E-state index contributed by atoms with van der Waals surface area (Å²) in [5, 5.41) is 47.0. The van der Waals surface area contributed by atoms with Crippen LogP contribution >= 0.6 is 0 Å². The number of benzene rings is 1. The average Bonchev–Trinajstić information content (AvgIpc) is 2.81. The Balaban J connectivity index is 2.40. The number of nitriles is 5. The second kappa shape index (κ2) is 6.94. The molecule has 3 heterocycles. The first-order valence-corrected chi connectivity index (χ1v) is 8.74.